The SMILES string of the molecule is CCCCON=C(C(N)=O)C(=NOCC)n1cncn1. The van der Waals surface area contributed by atoms with Crippen LogP contribution in [-0.2, 0) is 14.5 Å². The van der Waals surface area contributed by atoms with E-state index in [9.17, 15) is 4.79 Å². The van der Waals surface area contributed by atoms with E-state index in [1.165, 1.54) is 17.3 Å². The van der Waals surface area contributed by atoms with Crippen LogP contribution in [0.15, 0.2) is 23.0 Å². The first-order chi connectivity index (χ1) is 9.70. The number of hydrogen-bond acceptors (Lipinski definition) is 7. The van der Waals surface area contributed by atoms with Crippen molar-refractivity contribution in [3.05, 3.63) is 12.7 Å². The molecule has 2 N–H and O–H groups in total. The number of nitrogens with two attached hydrogens (primary N) is 1. The molecule has 110 valence electrons. The van der Waals surface area contributed by atoms with Crippen LogP contribution in [0.3, 0.4) is 0 Å². The van der Waals surface area contributed by atoms with Gasteiger partial charge in [-0.25, -0.2) is 4.98 Å². The van der Waals surface area contributed by atoms with Crippen LogP contribution in [0.1, 0.15) is 26.7 Å². The van der Waals surface area contributed by atoms with Gasteiger partial charge in [-0.2, -0.15) is 9.78 Å². The summed E-state index contributed by atoms with van der Waals surface area (Å²) in [5.74, 6) is -0.774. The van der Waals surface area contributed by atoms with Crippen LogP contribution in [-0.4, -0.2) is 45.4 Å². The van der Waals surface area contributed by atoms with Crippen molar-refractivity contribution >= 4 is 17.5 Å². The van der Waals surface area contributed by atoms with Crippen LogP contribution < -0.4 is 5.73 Å². The Morgan fingerprint density at radius 2 is 2.15 bits per heavy atom. The second-order valence-corrected chi connectivity index (χ2v) is 3.66. The minimum atomic E-state index is -0.796. The number of aromatic nitrogens is 3. The fourth-order valence-corrected chi connectivity index (χ4v) is 1.15. The molecule has 0 bridgehead atoms. The summed E-state index contributed by atoms with van der Waals surface area (Å²) in [6, 6.07) is 0. The summed E-state index contributed by atoms with van der Waals surface area (Å²) in [7, 11) is 0. The normalized spacial score (nSPS) is 12.3. The predicted molar refractivity (Wildman–Crippen MR) is 72.0 cm³/mol. The van der Waals surface area contributed by atoms with Crippen LogP contribution in [0.25, 0.3) is 0 Å². The van der Waals surface area contributed by atoms with E-state index in [-0.39, 0.29) is 11.5 Å². The lowest BCUT2D eigenvalue weighted by Gasteiger charge is -2.06. The Balaban J connectivity index is 2.97. The van der Waals surface area contributed by atoms with Gasteiger partial charge in [0.15, 0.2) is 0 Å². The van der Waals surface area contributed by atoms with Crippen molar-refractivity contribution < 1.29 is 14.5 Å². The molecule has 0 aliphatic carbocycles. The van der Waals surface area contributed by atoms with E-state index in [0.717, 1.165) is 12.8 Å². The van der Waals surface area contributed by atoms with Gasteiger partial charge in [0.2, 0.25) is 11.5 Å². The van der Waals surface area contributed by atoms with Crippen LogP contribution in [0.4, 0.5) is 0 Å². The quantitative estimate of drug-likeness (QED) is 0.315. The van der Waals surface area contributed by atoms with Crippen molar-refractivity contribution in [2.45, 2.75) is 26.7 Å². The summed E-state index contributed by atoms with van der Waals surface area (Å²) < 4.78 is 1.22. The molecular weight excluding hydrogens is 264 g/mol. The number of nitrogens with zero attached hydrogens (tertiary/aromatic N) is 5. The van der Waals surface area contributed by atoms with Crippen molar-refractivity contribution in [1.29, 1.82) is 0 Å². The average Bonchev–Trinajstić information content (AvgIpc) is 2.95. The monoisotopic (exact) mass is 282 g/mol. The first-order valence-electron chi connectivity index (χ1n) is 6.25. The Bertz CT molecular complexity index is 469. The van der Waals surface area contributed by atoms with E-state index in [4.69, 9.17) is 15.4 Å². The van der Waals surface area contributed by atoms with Crippen LogP contribution >= 0.6 is 0 Å². The largest absolute Gasteiger partial charge is 0.395 e. The zero-order valence-electron chi connectivity index (χ0n) is 11.5. The van der Waals surface area contributed by atoms with Gasteiger partial charge in [0.05, 0.1) is 0 Å². The molecule has 1 amide bonds. The molecule has 0 aliphatic rings. The van der Waals surface area contributed by atoms with Gasteiger partial charge in [0.25, 0.3) is 5.91 Å². The smallest absolute Gasteiger partial charge is 0.274 e. The van der Waals surface area contributed by atoms with Crippen LogP contribution in [0.5, 0.6) is 0 Å². The Hall–Kier alpha value is -2.45. The van der Waals surface area contributed by atoms with Gasteiger partial charge in [-0.15, -0.1) is 0 Å². The number of amides is 1. The Morgan fingerprint density at radius 1 is 1.35 bits per heavy atom. The van der Waals surface area contributed by atoms with Gasteiger partial charge in [-0.1, -0.05) is 23.7 Å². The van der Waals surface area contributed by atoms with Crippen LogP contribution in [0.2, 0.25) is 0 Å². The lowest BCUT2D eigenvalue weighted by atomic mass is 10.3. The van der Waals surface area contributed by atoms with E-state index in [0.29, 0.717) is 13.2 Å². The molecule has 0 radical (unpaired) electrons. The molecule has 0 unspecified atom stereocenters. The number of oxime groups is 2. The topological polar surface area (TPSA) is 117 Å². The highest BCUT2D eigenvalue weighted by molar-refractivity contribution is 6.66. The summed E-state index contributed by atoms with van der Waals surface area (Å²) in [5.41, 5.74) is 5.10. The highest BCUT2D eigenvalue weighted by atomic mass is 16.6. The number of hydrogen-bond donors (Lipinski definition) is 1. The van der Waals surface area contributed by atoms with Crippen molar-refractivity contribution in [3.8, 4) is 0 Å². The fourth-order valence-electron chi connectivity index (χ4n) is 1.15. The lowest BCUT2D eigenvalue weighted by molar-refractivity contribution is -0.112. The van der Waals surface area contributed by atoms with E-state index >= 15 is 0 Å². The first-order valence-corrected chi connectivity index (χ1v) is 6.25. The fraction of sp³-hybridized carbons (Fsp3) is 0.545. The lowest BCUT2D eigenvalue weighted by Crippen LogP contribution is -2.35. The molecule has 0 saturated carbocycles. The highest BCUT2D eigenvalue weighted by Crippen LogP contribution is 1.95. The van der Waals surface area contributed by atoms with Crippen molar-refractivity contribution in [1.82, 2.24) is 14.8 Å². The molecule has 1 aromatic heterocycles. The molecule has 0 fully saturated rings. The first kappa shape index (κ1) is 15.6. The average molecular weight is 282 g/mol. The molecule has 0 atom stereocenters. The summed E-state index contributed by atoms with van der Waals surface area (Å²) in [4.78, 5) is 25.2. The standard InChI is InChI=1S/C11H18N6O3/c1-3-5-6-20-15-9(10(12)18)11(16-19-4-2)17-8-13-7-14-17/h7-8H,3-6H2,1-2H3,(H2,12,18). The number of carbonyl (C=O) groups is 1. The summed E-state index contributed by atoms with van der Waals surface area (Å²) in [5, 5.41) is 11.4. The molecule has 0 spiro atoms. The maximum Gasteiger partial charge on any atom is 0.274 e. The summed E-state index contributed by atoms with van der Waals surface area (Å²) in [6.45, 7) is 4.47. The molecule has 0 saturated heterocycles. The van der Waals surface area contributed by atoms with Crippen molar-refractivity contribution in [3.63, 3.8) is 0 Å². The number of rotatable bonds is 8. The van der Waals surface area contributed by atoms with Gasteiger partial charge < -0.3 is 15.4 Å². The third-order valence-electron chi connectivity index (χ3n) is 2.11. The molecule has 0 aliphatic heterocycles. The summed E-state index contributed by atoms with van der Waals surface area (Å²) in [6.07, 6.45) is 4.40. The van der Waals surface area contributed by atoms with Gasteiger partial charge in [-0.3, -0.25) is 4.79 Å². The van der Waals surface area contributed by atoms with E-state index in [1.54, 1.807) is 6.92 Å². The van der Waals surface area contributed by atoms with Gasteiger partial charge in [-0.05, 0) is 13.3 Å². The molecule has 9 nitrogen and oxygen atoms in total. The predicted octanol–water partition coefficient (Wildman–Crippen LogP) is 0.134. The maximum absolute atomic E-state index is 11.5. The van der Waals surface area contributed by atoms with Gasteiger partial charge in [0, 0.05) is 0 Å². The Labute approximate surface area is 116 Å². The van der Waals surface area contributed by atoms with E-state index in [2.05, 4.69) is 20.4 Å². The third kappa shape index (κ3) is 4.67. The zero-order valence-corrected chi connectivity index (χ0v) is 11.5. The molecular formula is C11H18N6O3. The van der Waals surface area contributed by atoms with Crippen molar-refractivity contribution in [2.24, 2.45) is 16.0 Å². The van der Waals surface area contributed by atoms with E-state index < -0.39 is 5.91 Å². The number of primary amides is 1. The third-order valence-corrected chi connectivity index (χ3v) is 2.11. The molecule has 1 aromatic rings. The minimum absolute atomic E-state index is 0.0216. The van der Waals surface area contributed by atoms with Crippen molar-refractivity contribution in [2.75, 3.05) is 13.2 Å². The molecule has 1 heterocycles. The number of unbranched alkanes of at least 4 members (excludes halogenated alkanes) is 1. The summed E-state index contributed by atoms with van der Waals surface area (Å²) >= 11 is 0. The Morgan fingerprint density at radius 3 is 2.70 bits per heavy atom. The second kappa shape index (κ2) is 8.62. The van der Waals surface area contributed by atoms with Gasteiger partial charge in [0.1, 0.15) is 25.9 Å². The van der Waals surface area contributed by atoms with Crippen LogP contribution in [0, 0.1) is 0 Å². The minimum Gasteiger partial charge on any atom is -0.395 e. The highest BCUT2D eigenvalue weighted by Gasteiger charge is 2.20. The molecule has 20 heavy (non-hydrogen) atoms. The van der Waals surface area contributed by atoms with E-state index in [1.807, 2.05) is 6.92 Å². The number of carbonyl (C=O) groups excluding carboxylic acids is 1. The zero-order chi connectivity index (χ0) is 14.8. The molecule has 1 rings (SSSR count). The molecule has 0 aromatic carbocycles. The maximum atomic E-state index is 11.5. The van der Waals surface area contributed by atoms with Gasteiger partial charge >= 0.3 is 0 Å². The second-order valence-electron chi connectivity index (χ2n) is 3.66. The Kier molecular flexibility index (Phi) is 6.72. The molecule has 9 heteroatoms.